The molecule has 1 unspecified atom stereocenters. The van der Waals surface area contributed by atoms with Gasteiger partial charge in [0.15, 0.2) is 0 Å². The van der Waals surface area contributed by atoms with E-state index in [1.807, 2.05) is 0 Å². The number of nitrogen functional groups attached to an aromatic ring is 2. The minimum Gasteiger partial charge on any atom is -0.398 e. The van der Waals surface area contributed by atoms with Gasteiger partial charge in [-0.05, 0) is 58.6 Å². The lowest BCUT2D eigenvalue weighted by Gasteiger charge is -2.27. The molecule has 2 heteroatoms. The maximum atomic E-state index is 6.41. The highest BCUT2D eigenvalue weighted by atomic mass is 14.6. The zero-order valence-corrected chi connectivity index (χ0v) is 18.0. The molecular weight excluding hydrogens is 328 g/mol. The molecule has 2 nitrogen and oxygen atoms in total. The van der Waals surface area contributed by atoms with Gasteiger partial charge in [-0.3, -0.25) is 0 Å². The molecule has 148 valence electrons. The van der Waals surface area contributed by atoms with Crippen molar-refractivity contribution in [3.63, 3.8) is 0 Å². The summed E-state index contributed by atoms with van der Waals surface area (Å²) in [5, 5.41) is 0. The van der Waals surface area contributed by atoms with E-state index in [4.69, 9.17) is 11.5 Å². The van der Waals surface area contributed by atoms with E-state index in [1.54, 1.807) is 0 Å². The van der Waals surface area contributed by atoms with Crippen molar-refractivity contribution in [2.24, 2.45) is 5.92 Å². The van der Waals surface area contributed by atoms with Crippen LogP contribution in [0.25, 0.3) is 0 Å². The maximum Gasteiger partial charge on any atom is 0.0352 e. The van der Waals surface area contributed by atoms with Crippen LogP contribution in [0.5, 0.6) is 0 Å². The quantitative estimate of drug-likeness (QED) is 0.491. The standard InChI is InChI=1S/C25H38N2/c1-7-8-9-18(6)25(19-10-12-21(16(2)3)23(26)14-19)20-11-13-22(17(4)5)24(27)15-20/h10-18,25H,7-9,26-27H2,1-6H3. The fourth-order valence-corrected chi connectivity index (χ4v) is 4.17. The second-order valence-corrected chi connectivity index (χ2v) is 8.68. The smallest absolute Gasteiger partial charge is 0.0352 e. The number of unbranched alkanes of at least 4 members (excludes halogenated alkanes) is 1. The summed E-state index contributed by atoms with van der Waals surface area (Å²) in [7, 11) is 0. The molecule has 0 spiro atoms. The SMILES string of the molecule is CCCCC(C)C(c1ccc(C(C)C)c(N)c1)c1ccc(C(C)C)c(N)c1. The first-order valence-electron chi connectivity index (χ1n) is 10.5. The lowest BCUT2D eigenvalue weighted by molar-refractivity contribution is 0.455. The Morgan fingerprint density at radius 3 is 1.52 bits per heavy atom. The van der Waals surface area contributed by atoms with Crippen LogP contribution in [0.3, 0.4) is 0 Å². The van der Waals surface area contributed by atoms with Crippen molar-refractivity contribution >= 4 is 11.4 Å². The molecule has 0 aliphatic rings. The van der Waals surface area contributed by atoms with Crippen molar-refractivity contribution in [2.45, 2.75) is 78.6 Å². The summed E-state index contributed by atoms with van der Waals surface area (Å²) in [5.74, 6) is 1.74. The molecule has 0 aliphatic heterocycles. The molecule has 4 N–H and O–H groups in total. The van der Waals surface area contributed by atoms with Gasteiger partial charge in [0.05, 0.1) is 0 Å². The van der Waals surface area contributed by atoms with E-state index < -0.39 is 0 Å². The Morgan fingerprint density at radius 2 is 1.19 bits per heavy atom. The molecule has 0 heterocycles. The average Bonchev–Trinajstić information content (AvgIpc) is 2.59. The topological polar surface area (TPSA) is 52.0 Å². The van der Waals surface area contributed by atoms with Crippen molar-refractivity contribution in [2.75, 3.05) is 11.5 Å². The van der Waals surface area contributed by atoms with Crippen LogP contribution < -0.4 is 11.5 Å². The number of anilines is 2. The lowest BCUT2D eigenvalue weighted by Crippen LogP contribution is -2.13. The van der Waals surface area contributed by atoms with Gasteiger partial charge in [0, 0.05) is 17.3 Å². The lowest BCUT2D eigenvalue weighted by atomic mass is 9.78. The summed E-state index contributed by atoms with van der Waals surface area (Å²) in [4.78, 5) is 0. The number of hydrogen-bond donors (Lipinski definition) is 2. The van der Waals surface area contributed by atoms with Gasteiger partial charge in [-0.1, -0.05) is 78.6 Å². The van der Waals surface area contributed by atoms with Crippen LogP contribution in [0.15, 0.2) is 36.4 Å². The van der Waals surface area contributed by atoms with E-state index in [0.29, 0.717) is 23.7 Å². The molecule has 2 aromatic carbocycles. The second kappa shape index (κ2) is 9.30. The second-order valence-electron chi connectivity index (χ2n) is 8.68. The van der Waals surface area contributed by atoms with Gasteiger partial charge < -0.3 is 11.5 Å². The summed E-state index contributed by atoms with van der Waals surface area (Å²) in [6.45, 7) is 13.4. The molecule has 0 bridgehead atoms. The number of benzene rings is 2. The predicted molar refractivity (Wildman–Crippen MR) is 120 cm³/mol. The van der Waals surface area contributed by atoms with E-state index in [1.165, 1.54) is 41.5 Å². The molecule has 0 fully saturated rings. The van der Waals surface area contributed by atoms with Gasteiger partial charge in [-0.2, -0.15) is 0 Å². The minimum atomic E-state index is 0.323. The van der Waals surface area contributed by atoms with Crippen molar-refractivity contribution in [3.8, 4) is 0 Å². The van der Waals surface area contributed by atoms with Crippen LogP contribution >= 0.6 is 0 Å². The van der Waals surface area contributed by atoms with E-state index in [-0.39, 0.29) is 0 Å². The van der Waals surface area contributed by atoms with Crippen molar-refractivity contribution in [1.82, 2.24) is 0 Å². The fourth-order valence-electron chi connectivity index (χ4n) is 4.17. The van der Waals surface area contributed by atoms with Crippen LogP contribution in [-0.2, 0) is 0 Å². The molecule has 0 saturated heterocycles. The summed E-state index contributed by atoms with van der Waals surface area (Å²) >= 11 is 0. The van der Waals surface area contributed by atoms with E-state index in [0.717, 1.165) is 11.4 Å². The van der Waals surface area contributed by atoms with Crippen LogP contribution in [0.1, 0.15) is 101 Å². The molecule has 1 atom stereocenters. The van der Waals surface area contributed by atoms with Gasteiger partial charge in [-0.15, -0.1) is 0 Å². The van der Waals surface area contributed by atoms with Crippen molar-refractivity contribution in [3.05, 3.63) is 58.7 Å². The third kappa shape index (κ3) is 5.06. The molecule has 0 aliphatic carbocycles. The normalized spacial score (nSPS) is 12.9. The molecular formula is C25H38N2. The summed E-state index contributed by atoms with van der Waals surface area (Å²) in [5.41, 5.74) is 19.7. The highest BCUT2D eigenvalue weighted by molar-refractivity contribution is 5.56. The Morgan fingerprint density at radius 1 is 0.741 bits per heavy atom. The van der Waals surface area contributed by atoms with Gasteiger partial charge in [0.2, 0.25) is 0 Å². The fraction of sp³-hybridized carbons (Fsp3) is 0.520. The van der Waals surface area contributed by atoms with Gasteiger partial charge in [0.1, 0.15) is 0 Å². The van der Waals surface area contributed by atoms with E-state index in [2.05, 4.69) is 77.9 Å². The largest absolute Gasteiger partial charge is 0.398 e. The third-order valence-electron chi connectivity index (χ3n) is 5.77. The van der Waals surface area contributed by atoms with Gasteiger partial charge in [-0.25, -0.2) is 0 Å². The van der Waals surface area contributed by atoms with Crippen LogP contribution in [-0.4, -0.2) is 0 Å². The first kappa shape index (κ1) is 21.3. The van der Waals surface area contributed by atoms with Gasteiger partial charge in [0.25, 0.3) is 0 Å². The van der Waals surface area contributed by atoms with Crippen molar-refractivity contribution < 1.29 is 0 Å². The molecule has 2 aromatic rings. The molecule has 27 heavy (non-hydrogen) atoms. The van der Waals surface area contributed by atoms with E-state index in [9.17, 15) is 0 Å². The van der Waals surface area contributed by atoms with Crippen LogP contribution in [0, 0.1) is 5.92 Å². The zero-order valence-electron chi connectivity index (χ0n) is 18.0. The third-order valence-corrected chi connectivity index (χ3v) is 5.77. The van der Waals surface area contributed by atoms with Crippen molar-refractivity contribution in [1.29, 1.82) is 0 Å². The molecule has 0 amide bonds. The van der Waals surface area contributed by atoms with E-state index >= 15 is 0 Å². The Balaban J connectivity index is 2.49. The molecule has 0 aromatic heterocycles. The monoisotopic (exact) mass is 366 g/mol. The highest BCUT2D eigenvalue weighted by Gasteiger charge is 2.23. The highest BCUT2D eigenvalue weighted by Crippen LogP contribution is 2.38. The van der Waals surface area contributed by atoms with Gasteiger partial charge >= 0.3 is 0 Å². The molecule has 2 rings (SSSR count). The average molecular weight is 367 g/mol. The summed E-state index contributed by atoms with van der Waals surface area (Å²) < 4.78 is 0. The summed E-state index contributed by atoms with van der Waals surface area (Å²) in [6.07, 6.45) is 3.68. The Bertz CT molecular complexity index is 688. The molecule has 0 radical (unpaired) electrons. The van der Waals surface area contributed by atoms with Crippen LogP contribution in [0.4, 0.5) is 11.4 Å². The maximum absolute atomic E-state index is 6.41. The first-order chi connectivity index (χ1) is 12.8. The first-order valence-corrected chi connectivity index (χ1v) is 10.5. The molecule has 0 saturated carbocycles. The summed E-state index contributed by atoms with van der Waals surface area (Å²) in [6, 6.07) is 13.3. The predicted octanol–water partition coefficient (Wildman–Crippen LogP) is 7.06. The van der Waals surface area contributed by atoms with Crippen LogP contribution in [0.2, 0.25) is 0 Å². The number of nitrogens with two attached hydrogens (primary N) is 2. The Labute approximate surface area is 166 Å². The Hall–Kier alpha value is -1.96. The number of rotatable bonds is 8. The number of hydrogen-bond acceptors (Lipinski definition) is 2. The Kier molecular flexibility index (Phi) is 7.35. The zero-order chi connectivity index (χ0) is 20.1. The minimum absolute atomic E-state index is 0.323.